The van der Waals surface area contributed by atoms with Gasteiger partial charge in [-0.2, -0.15) is 0 Å². The fourth-order valence-electron chi connectivity index (χ4n) is 3.75. The molecular formula is C19H29N3O2. The Balaban J connectivity index is 1.31. The van der Waals surface area contributed by atoms with Crippen LogP contribution in [-0.4, -0.2) is 54.7 Å². The van der Waals surface area contributed by atoms with Crippen molar-refractivity contribution in [2.45, 2.75) is 44.6 Å². The number of nitrogens with zero attached hydrogens (tertiary/aromatic N) is 2. The van der Waals surface area contributed by atoms with Crippen molar-refractivity contribution in [2.24, 2.45) is 5.92 Å². The minimum atomic E-state index is 0.191. The number of hydrogen-bond donors (Lipinski definition) is 1. The van der Waals surface area contributed by atoms with Gasteiger partial charge < -0.3 is 15.0 Å². The predicted octanol–water partition coefficient (Wildman–Crippen LogP) is 2.02. The number of hydrogen-bond acceptors (Lipinski definition) is 4. The summed E-state index contributed by atoms with van der Waals surface area (Å²) in [6, 6.07) is 6.64. The molecule has 1 N–H and O–H groups in total. The molecule has 5 heteroatoms. The molecule has 2 fully saturated rings. The van der Waals surface area contributed by atoms with Crippen LogP contribution in [0.2, 0.25) is 0 Å². The standard InChI is InChI=1S/C19H29N3O2/c23-19(21-11-3-5-17-4-1-2-10-20-17)16-6-12-22(13-7-16)18-8-14-24-15-9-18/h1-2,4,10,16,18H,3,5-9,11-15H2,(H,21,23). The Bertz CT molecular complexity index is 495. The summed E-state index contributed by atoms with van der Waals surface area (Å²) >= 11 is 0. The third kappa shape index (κ3) is 5.02. The molecule has 1 amide bonds. The summed E-state index contributed by atoms with van der Waals surface area (Å²) in [6.07, 6.45) is 7.95. The van der Waals surface area contributed by atoms with E-state index in [0.717, 1.165) is 77.1 Å². The zero-order valence-corrected chi connectivity index (χ0v) is 14.5. The van der Waals surface area contributed by atoms with Gasteiger partial charge in [0.1, 0.15) is 0 Å². The molecule has 1 aromatic rings. The first-order valence-electron chi connectivity index (χ1n) is 9.32. The van der Waals surface area contributed by atoms with Gasteiger partial charge in [0.05, 0.1) is 0 Å². The van der Waals surface area contributed by atoms with Crippen LogP contribution >= 0.6 is 0 Å². The fourth-order valence-corrected chi connectivity index (χ4v) is 3.75. The van der Waals surface area contributed by atoms with E-state index in [4.69, 9.17) is 4.74 Å². The van der Waals surface area contributed by atoms with Crippen molar-refractivity contribution in [3.63, 3.8) is 0 Å². The van der Waals surface area contributed by atoms with E-state index in [1.807, 2.05) is 24.4 Å². The molecule has 1 aromatic heterocycles. The molecule has 0 aromatic carbocycles. The van der Waals surface area contributed by atoms with Crippen LogP contribution in [0, 0.1) is 5.92 Å². The van der Waals surface area contributed by atoms with Crippen molar-refractivity contribution in [3.05, 3.63) is 30.1 Å². The van der Waals surface area contributed by atoms with Gasteiger partial charge in [-0.25, -0.2) is 0 Å². The number of piperidine rings is 1. The van der Waals surface area contributed by atoms with Crippen LogP contribution in [0.4, 0.5) is 0 Å². The number of rotatable bonds is 6. The first kappa shape index (κ1) is 17.4. The average molecular weight is 331 g/mol. The topological polar surface area (TPSA) is 54.5 Å². The molecule has 2 aliphatic rings. The van der Waals surface area contributed by atoms with Crippen molar-refractivity contribution in [2.75, 3.05) is 32.8 Å². The number of ether oxygens (including phenoxy) is 1. The third-order valence-electron chi connectivity index (χ3n) is 5.24. The van der Waals surface area contributed by atoms with E-state index < -0.39 is 0 Å². The van der Waals surface area contributed by atoms with Crippen molar-refractivity contribution in [3.8, 4) is 0 Å². The molecule has 0 atom stereocenters. The molecule has 0 radical (unpaired) electrons. The Morgan fingerprint density at radius 1 is 1.21 bits per heavy atom. The molecule has 0 unspecified atom stereocenters. The van der Waals surface area contributed by atoms with Crippen LogP contribution in [0.15, 0.2) is 24.4 Å². The lowest BCUT2D eigenvalue weighted by molar-refractivity contribution is -0.126. The second-order valence-electron chi connectivity index (χ2n) is 6.87. The van der Waals surface area contributed by atoms with Gasteiger partial charge in [-0.1, -0.05) is 6.07 Å². The lowest BCUT2D eigenvalue weighted by atomic mass is 9.93. The second-order valence-corrected chi connectivity index (χ2v) is 6.87. The molecule has 0 saturated carbocycles. The van der Waals surface area contributed by atoms with Crippen LogP contribution in [0.25, 0.3) is 0 Å². The van der Waals surface area contributed by atoms with Crippen LogP contribution in [0.1, 0.15) is 37.8 Å². The van der Waals surface area contributed by atoms with Crippen molar-refractivity contribution < 1.29 is 9.53 Å². The summed E-state index contributed by atoms with van der Waals surface area (Å²) in [7, 11) is 0. The maximum atomic E-state index is 12.3. The minimum Gasteiger partial charge on any atom is -0.381 e. The third-order valence-corrected chi connectivity index (χ3v) is 5.24. The van der Waals surface area contributed by atoms with E-state index in [1.54, 1.807) is 0 Å². The number of carbonyl (C=O) groups excluding carboxylic acids is 1. The maximum Gasteiger partial charge on any atom is 0.223 e. The molecular weight excluding hydrogens is 302 g/mol. The van der Waals surface area contributed by atoms with Gasteiger partial charge >= 0.3 is 0 Å². The molecule has 3 heterocycles. The number of nitrogens with one attached hydrogen (secondary N) is 1. The van der Waals surface area contributed by atoms with E-state index in [9.17, 15) is 4.79 Å². The van der Waals surface area contributed by atoms with Gasteiger partial charge in [0.15, 0.2) is 0 Å². The molecule has 0 aliphatic carbocycles. The average Bonchev–Trinajstić information content (AvgIpc) is 2.67. The van der Waals surface area contributed by atoms with Crippen molar-refractivity contribution in [1.82, 2.24) is 15.2 Å². The van der Waals surface area contributed by atoms with Crippen LogP contribution in [0.5, 0.6) is 0 Å². The monoisotopic (exact) mass is 331 g/mol. The van der Waals surface area contributed by atoms with Crippen LogP contribution in [0.3, 0.4) is 0 Å². The fraction of sp³-hybridized carbons (Fsp3) is 0.684. The summed E-state index contributed by atoms with van der Waals surface area (Å²) in [6.45, 7) is 4.63. The zero-order chi connectivity index (χ0) is 16.6. The van der Waals surface area contributed by atoms with E-state index >= 15 is 0 Å². The molecule has 3 rings (SSSR count). The lowest BCUT2D eigenvalue weighted by Gasteiger charge is -2.38. The molecule has 24 heavy (non-hydrogen) atoms. The number of carbonyl (C=O) groups is 1. The van der Waals surface area contributed by atoms with E-state index in [-0.39, 0.29) is 11.8 Å². The normalized spacial score (nSPS) is 20.8. The molecule has 5 nitrogen and oxygen atoms in total. The molecule has 2 aliphatic heterocycles. The Hall–Kier alpha value is -1.46. The minimum absolute atomic E-state index is 0.191. The maximum absolute atomic E-state index is 12.3. The number of aryl methyl sites for hydroxylation is 1. The Morgan fingerprint density at radius 3 is 2.71 bits per heavy atom. The van der Waals surface area contributed by atoms with Crippen LogP contribution in [-0.2, 0) is 16.0 Å². The van der Waals surface area contributed by atoms with Gasteiger partial charge in [-0.3, -0.25) is 9.78 Å². The highest BCUT2D eigenvalue weighted by molar-refractivity contribution is 5.78. The van der Waals surface area contributed by atoms with E-state index in [1.165, 1.54) is 0 Å². The molecule has 132 valence electrons. The number of aromatic nitrogens is 1. The van der Waals surface area contributed by atoms with Gasteiger partial charge in [-0.05, 0) is 63.7 Å². The Kier molecular flexibility index (Phi) is 6.61. The number of likely N-dealkylation sites (tertiary alicyclic amines) is 1. The van der Waals surface area contributed by atoms with Crippen molar-refractivity contribution >= 4 is 5.91 Å². The molecule has 2 saturated heterocycles. The summed E-state index contributed by atoms with van der Waals surface area (Å²) in [5.41, 5.74) is 1.09. The molecule has 0 spiro atoms. The summed E-state index contributed by atoms with van der Waals surface area (Å²) < 4.78 is 5.44. The summed E-state index contributed by atoms with van der Waals surface area (Å²) in [5, 5.41) is 3.11. The SMILES string of the molecule is O=C(NCCCc1ccccn1)C1CCN(C2CCOCC2)CC1. The first-order chi connectivity index (χ1) is 11.8. The van der Waals surface area contributed by atoms with Crippen molar-refractivity contribution in [1.29, 1.82) is 0 Å². The van der Waals surface area contributed by atoms with E-state index in [0.29, 0.717) is 6.04 Å². The molecule has 0 bridgehead atoms. The largest absolute Gasteiger partial charge is 0.381 e. The smallest absolute Gasteiger partial charge is 0.223 e. The lowest BCUT2D eigenvalue weighted by Crippen LogP contribution is -2.46. The van der Waals surface area contributed by atoms with Crippen LogP contribution < -0.4 is 5.32 Å². The summed E-state index contributed by atoms with van der Waals surface area (Å²) in [5.74, 6) is 0.429. The van der Waals surface area contributed by atoms with Gasteiger partial charge in [0, 0.05) is 43.6 Å². The number of pyridine rings is 1. The Labute approximate surface area is 144 Å². The van der Waals surface area contributed by atoms with Gasteiger partial charge in [0.2, 0.25) is 5.91 Å². The first-order valence-corrected chi connectivity index (χ1v) is 9.32. The van der Waals surface area contributed by atoms with E-state index in [2.05, 4.69) is 15.2 Å². The quantitative estimate of drug-likeness (QED) is 0.811. The highest BCUT2D eigenvalue weighted by Gasteiger charge is 2.29. The second kappa shape index (κ2) is 9.14. The predicted molar refractivity (Wildman–Crippen MR) is 93.7 cm³/mol. The highest BCUT2D eigenvalue weighted by Crippen LogP contribution is 2.23. The van der Waals surface area contributed by atoms with Gasteiger partial charge in [0.25, 0.3) is 0 Å². The highest BCUT2D eigenvalue weighted by atomic mass is 16.5. The van der Waals surface area contributed by atoms with Gasteiger partial charge in [-0.15, -0.1) is 0 Å². The number of amides is 1. The Morgan fingerprint density at radius 2 is 2.00 bits per heavy atom. The summed E-state index contributed by atoms with van der Waals surface area (Å²) in [4.78, 5) is 19.2. The zero-order valence-electron chi connectivity index (χ0n) is 14.5.